The smallest absolute Gasteiger partial charge is 0.225 e. The van der Waals surface area contributed by atoms with Crippen molar-refractivity contribution in [2.75, 3.05) is 27.8 Å². The number of nitrogens with one attached hydrogen (secondary N) is 3. The molecule has 0 radical (unpaired) electrons. The molecule has 1 fully saturated rings. The molecule has 0 bridgehead atoms. The summed E-state index contributed by atoms with van der Waals surface area (Å²) >= 11 is 0. The molecular weight excluding hydrogens is 632 g/mol. The van der Waals surface area contributed by atoms with Gasteiger partial charge in [0.05, 0.1) is 42.7 Å². The number of benzene rings is 1. The number of ether oxygens (including phenoxy) is 2. The molecule has 1 heterocycles. The summed E-state index contributed by atoms with van der Waals surface area (Å²) in [7, 11) is 4.97. The number of amides is 3. The Kier molecular flexibility index (Phi) is 18.7. The fourth-order valence-electron chi connectivity index (χ4n) is 7.46. The lowest BCUT2D eigenvalue weighted by Crippen LogP contribution is -2.57. The molecule has 1 saturated heterocycles. The highest BCUT2D eigenvalue weighted by molar-refractivity contribution is 5.90. The molecule has 3 N–H and O–H groups in total. The van der Waals surface area contributed by atoms with Crippen LogP contribution in [0.1, 0.15) is 99.5 Å². The molecule has 1 aromatic carbocycles. The van der Waals surface area contributed by atoms with Crippen molar-refractivity contribution in [3.05, 3.63) is 35.9 Å². The van der Waals surface area contributed by atoms with Gasteiger partial charge >= 0.3 is 0 Å². The molecule has 1 aliphatic heterocycles. The van der Waals surface area contributed by atoms with Gasteiger partial charge in [-0.3, -0.25) is 19.2 Å². The summed E-state index contributed by atoms with van der Waals surface area (Å²) in [5.74, 6) is -1.26. The Hall–Kier alpha value is -2.82. The van der Waals surface area contributed by atoms with Gasteiger partial charge in [-0.05, 0) is 63.0 Å². The number of methoxy groups -OCH3 is 2. The summed E-state index contributed by atoms with van der Waals surface area (Å²) in [6.45, 7) is 16.5. The Labute approximate surface area is 302 Å². The Morgan fingerprint density at radius 2 is 1.52 bits per heavy atom. The van der Waals surface area contributed by atoms with Gasteiger partial charge < -0.3 is 30.3 Å². The minimum Gasteiger partial charge on any atom is -0.379 e. The first kappa shape index (κ1) is 43.3. The minimum atomic E-state index is -0.575. The summed E-state index contributed by atoms with van der Waals surface area (Å²) in [4.78, 5) is 56.5. The normalized spacial score (nSPS) is 19.9. The van der Waals surface area contributed by atoms with Gasteiger partial charge in [0.15, 0.2) is 5.78 Å². The molecular formula is C40H68N4O6. The molecule has 1 aromatic rings. The number of hydrogen-bond acceptors (Lipinski definition) is 7. The van der Waals surface area contributed by atoms with E-state index in [2.05, 4.69) is 41.9 Å². The van der Waals surface area contributed by atoms with Crippen LogP contribution in [0.3, 0.4) is 0 Å². The summed E-state index contributed by atoms with van der Waals surface area (Å²) in [6, 6.07) is 9.00. The number of likely N-dealkylation sites (tertiary alicyclic amines) is 1. The van der Waals surface area contributed by atoms with E-state index >= 15 is 0 Å². The molecule has 0 aromatic heterocycles. The predicted octanol–water partition coefficient (Wildman–Crippen LogP) is 5.18. The quantitative estimate of drug-likeness (QED) is 0.162. The monoisotopic (exact) mass is 701 g/mol. The van der Waals surface area contributed by atoms with E-state index in [4.69, 9.17) is 9.47 Å². The van der Waals surface area contributed by atoms with E-state index in [-0.39, 0.29) is 72.2 Å². The van der Waals surface area contributed by atoms with Gasteiger partial charge in [-0.2, -0.15) is 0 Å². The fraction of sp³-hybridized carbons (Fsp3) is 0.750. The number of nitrogens with zero attached hydrogens (tertiary/aromatic N) is 1. The van der Waals surface area contributed by atoms with Crippen molar-refractivity contribution in [3.63, 3.8) is 0 Å². The largest absolute Gasteiger partial charge is 0.379 e. The number of carbonyl (C=O) groups is 4. The van der Waals surface area contributed by atoms with Gasteiger partial charge in [-0.1, -0.05) is 85.2 Å². The highest BCUT2D eigenvalue weighted by Gasteiger charge is 2.41. The van der Waals surface area contributed by atoms with Crippen molar-refractivity contribution >= 4 is 23.5 Å². The number of ketones is 1. The summed E-state index contributed by atoms with van der Waals surface area (Å²) in [5.41, 5.74) is 1.15. The van der Waals surface area contributed by atoms with Crippen molar-refractivity contribution in [1.82, 2.24) is 20.9 Å². The standard InChI is InChI=1S/C40H68N4O6/c1-12-27(6)37(43-40(48)31(25(2)3)23-33(45)36(41-9)26(4)5)34(49-10)24-35(46)44-21-17-16-20-32(44)38(50-11)29(8)39(47)42-28(7)22-30-18-14-13-15-19-30/h13-15,18-19,25-29,31-32,34,36-38,41H,12,16-17,20-24H2,1-11H3,(H,42,47)(H,43,48)/t27?,28-,29-,31+,32+,34-,36+,37+,38-/m1/s1. The zero-order valence-electron chi connectivity index (χ0n) is 32.8. The molecule has 0 saturated carbocycles. The first-order valence-electron chi connectivity index (χ1n) is 18.9. The topological polar surface area (TPSA) is 126 Å². The molecule has 284 valence electrons. The zero-order chi connectivity index (χ0) is 37.5. The van der Waals surface area contributed by atoms with E-state index in [1.54, 1.807) is 21.3 Å². The number of rotatable bonds is 21. The second-order valence-corrected chi connectivity index (χ2v) is 15.2. The second-order valence-electron chi connectivity index (χ2n) is 15.2. The van der Waals surface area contributed by atoms with Crippen molar-refractivity contribution in [2.45, 2.75) is 137 Å². The lowest BCUT2D eigenvalue weighted by molar-refractivity contribution is -0.147. The first-order valence-corrected chi connectivity index (χ1v) is 18.9. The van der Waals surface area contributed by atoms with Gasteiger partial charge in [0.2, 0.25) is 17.7 Å². The van der Waals surface area contributed by atoms with Crippen LogP contribution < -0.4 is 16.0 Å². The molecule has 3 amide bonds. The van der Waals surface area contributed by atoms with Crippen molar-refractivity contribution in [3.8, 4) is 0 Å². The third-order valence-corrected chi connectivity index (χ3v) is 10.7. The lowest BCUT2D eigenvalue weighted by atomic mass is 9.84. The SMILES string of the molecule is CCC(C)[C@H](NC(=O)[C@@H](CC(=O)[C@@H](NC)C(C)C)C(C)C)[C@@H](CC(=O)N1CCCC[C@H]1[C@H](OC)[C@@H](C)C(=O)N[C@H](C)Cc1ccccc1)OC. The van der Waals surface area contributed by atoms with Gasteiger partial charge in [-0.15, -0.1) is 0 Å². The third kappa shape index (κ3) is 12.4. The Morgan fingerprint density at radius 3 is 2.06 bits per heavy atom. The maximum absolute atomic E-state index is 14.2. The van der Waals surface area contributed by atoms with Crippen LogP contribution in [0, 0.1) is 29.6 Å². The number of hydrogen-bond donors (Lipinski definition) is 3. The van der Waals surface area contributed by atoms with Gasteiger partial charge in [0, 0.05) is 39.1 Å². The van der Waals surface area contributed by atoms with Crippen molar-refractivity contribution in [1.29, 1.82) is 0 Å². The Bertz CT molecular complexity index is 1190. The van der Waals surface area contributed by atoms with E-state index in [0.29, 0.717) is 6.54 Å². The van der Waals surface area contributed by atoms with Gasteiger partial charge in [-0.25, -0.2) is 0 Å². The van der Waals surface area contributed by atoms with Crippen LogP contribution >= 0.6 is 0 Å². The molecule has 10 heteroatoms. The Balaban J connectivity index is 2.21. The molecule has 50 heavy (non-hydrogen) atoms. The van der Waals surface area contributed by atoms with Crippen LogP contribution in [0.4, 0.5) is 0 Å². The van der Waals surface area contributed by atoms with Crippen LogP contribution in [0.25, 0.3) is 0 Å². The Morgan fingerprint density at radius 1 is 0.860 bits per heavy atom. The molecule has 1 aliphatic rings. The van der Waals surface area contributed by atoms with Crippen LogP contribution in [0.2, 0.25) is 0 Å². The highest BCUT2D eigenvalue weighted by Crippen LogP contribution is 2.28. The number of Topliss-reactive ketones (excluding diaryl/α,β-unsaturated/α-hetero) is 1. The van der Waals surface area contributed by atoms with Crippen LogP contribution in [0.5, 0.6) is 0 Å². The van der Waals surface area contributed by atoms with Gasteiger partial charge in [0.1, 0.15) is 0 Å². The summed E-state index contributed by atoms with van der Waals surface area (Å²) < 4.78 is 12.0. The summed E-state index contributed by atoms with van der Waals surface area (Å²) in [6.07, 6.45) is 3.19. The van der Waals surface area contributed by atoms with Crippen molar-refractivity contribution in [2.24, 2.45) is 29.6 Å². The molecule has 1 unspecified atom stereocenters. The van der Waals surface area contributed by atoms with E-state index in [1.165, 1.54) is 0 Å². The van der Waals surface area contributed by atoms with Crippen LogP contribution in [-0.4, -0.2) is 92.6 Å². The molecule has 9 atom stereocenters. The maximum atomic E-state index is 14.2. The number of likely N-dealkylation sites (N-methyl/N-ethyl adjacent to an activating group) is 1. The molecule has 10 nitrogen and oxygen atoms in total. The zero-order valence-corrected chi connectivity index (χ0v) is 32.8. The average molecular weight is 701 g/mol. The fourth-order valence-corrected chi connectivity index (χ4v) is 7.46. The van der Waals surface area contributed by atoms with Gasteiger partial charge in [0.25, 0.3) is 0 Å². The molecule has 2 rings (SSSR count). The van der Waals surface area contributed by atoms with Crippen LogP contribution in [0.15, 0.2) is 30.3 Å². The second kappa shape index (κ2) is 21.5. The average Bonchev–Trinajstić information content (AvgIpc) is 3.08. The first-order chi connectivity index (χ1) is 23.7. The summed E-state index contributed by atoms with van der Waals surface area (Å²) in [5, 5.41) is 9.49. The van der Waals surface area contributed by atoms with E-state index in [9.17, 15) is 19.2 Å². The van der Waals surface area contributed by atoms with E-state index in [1.807, 2.05) is 64.6 Å². The lowest BCUT2D eigenvalue weighted by Gasteiger charge is -2.42. The number of carbonyl (C=O) groups excluding carboxylic acids is 4. The maximum Gasteiger partial charge on any atom is 0.225 e. The molecule has 0 spiro atoms. The van der Waals surface area contributed by atoms with E-state index < -0.39 is 30.1 Å². The minimum absolute atomic E-state index is 0.0198. The highest BCUT2D eigenvalue weighted by atomic mass is 16.5. The molecule has 0 aliphatic carbocycles. The van der Waals surface area contributed by atoms with Crippen LogP contribution in [-0.2, 0) is 35.1 Å². The number of piperidine rings is 1. The third-order valence-electron chi connectivity index (χ3n) is 10.7. The van der Waals surface area contributed by atoms with E-state index in [0.717, 1.165) is 37.7 Å². The van der Waals surface area contributed by atoms with Crippen molar-refractivity contribution < 1.29 is 28.7 Å². The predicted molar refractivity (Wildman–Crippen MR) is 200 cm³/mol.